The van der Waals surface area contributed by atoms with Gasteiger partial charge in [0.25, 0.3) is 0 Å². The van der Waals surface area contributed by atoms with Crippen molar-refractivity contribution in [3.05, 3.63) is 21.7 Å². The highest BCUT2D eigenvalue weighted by atomic mass is 35.5. The van der Waals surface area contributed by atoms with Crippen LogP contribution in [-0.4, -0.2) is 16.6 Å². The average Bonchev–Trinajstić information content (AvgIpc) is 2.88. The van der Waals surface area contributed by atoms with Gasteiger partial charge in [-0.2, -0.15) is 0 Å². The van der Waals surface area contributed by atoms with E-state index in [9.17, 15) is 0 Å². The Hall–Kier alpha value is -0.380. The molecule has 1 aromatic rings. The molecule has 0 radical (unpaired) electrons. The topological polar surface area (TPSA) is 35.0 Å². The Bertz CT molecular complexity index is 436. The van der Waals surface area contributed by atoms with Gasteiger partial charge in [0.1, 0.15) is 16.4 Å². The molecule has 0 N–H and O–H groups in total. The van der Waals surface area contributed by atoms with E-state index < -0.39 is 0 Å². The van der Waals surface area contributed by atoms with Crippen molar-refractivity contribution in [2.45, 2.75) is 58.5 Å². The van der Waals surface area contributed by atoms with Crippen LogP contribution in [0.25, 0.3) is 0 Å². The predicted octanol–water partition coefficient (Wildman–Crippen LogP) is 5.17. The van der Waals surface area contributed by atoms with E-state index in [1.165, 1.54) is 12.8 Å². The maximum absolute atomic E-state index is 6.37. The first kappa shape index (κ1) is 16.0. The Morgan fingerprint density at radius 2 is 1.70 bits per heavy atom. The van der Waals surface area contributed by atoms with E-state index in [4.69, 9.17) is 27.9 Å². The van der Waals surface area contributed by atoms with E-state index in [1.807, 2.05) is 6.92 Å². The largest absolute Gasteiger partial charge is 0.370 e. The summed E-state index contributed by atoms with van der Waals surface area (Å²) in [4.78, 5) is 8.93. The number of rotatable bonds is 5. The van der Waals surface area contributed by atoms with Crippen LogP contribution in [0.3, 0.4) is 0 Å². The second kappa shape index (κ2) is 7.06. The maximum Gasteiger partial charge on any atom is 0.160 e. The fourth-order valence-corrected chi connectivity index (χ4v) is 3.56. The number of halogens is 2. The van der Waals surface area contributed by atoms with E-state index in [0.717, 1.165) is 18.4 Å². The monoisotopic (exact) mass is 316 g/mol. The summed E-state index contributed by atoms with van der Waals surface area (Å²) in [5.74, 6) is 1.28. The lowest BCUT2D eigenvalue weighted by atomic mass is 10.0. The SMILES string of the molecule is CCOC(c1nc(Cl)c(C2CCCC2)c(Cl)n1)C(C)C. The minimum Gasteiger partial charge on any atom is -0.370 e. The van der Waals surface area contributed by atoms with Crippen molar-refractivity contribution in [1.29, 1.82) is 0 Å². The summed E-state index contributed by atoms with van der Waals surface area (Å²) in [6.07, 6.45) is 4.55. The molecule has 1 atom stereocenters. The zero-order valence-corrected chi connectivity index (χ0v) is 13.8. The van der Waals surface area contributed by atoms with Crippen molar-refractivity contribution in [3.8, 4) is 0 Å². The summed E-state index contributed by atoms with van der Waals surface area (Å²) in [7, 11) is 0. The van der Waals surface area contributed by atoms with Crippen molar-refractivity contribution < 1.29 is 4.74 Å². The average molecular weight is 317 g/mol. The van der Waals surface area contributed by atoms with Crippen molar-refractivity contribution in [3.63, 3.8) is 0 Å². The third kappa shape index (κ3) is 3.44. The van der Waals surface area contributed by atoms with Crippen LogP contribution < -0.4 is 0 Å². The van der Waals surface area contributed by atoms with Crippen molar-refractivity contribution in [1.82, 2.24) is 9.97 Å². The summed E-state index contributed by atoms with van der Waals surface area (Å²) >= 11 is 12.7. The molecule has 5 heteroatoms. The van der Waals surface area contributed by atoms with Crippen LogP contribution in [0.4, 0.5) is 0 Å². The zero-order valence-electron chi connectivity index (χ0n) is 12.3. The molecular weight excluding hydrogens is 295 g/mol. The molecular formula is C15H22Cl2N2O. The molecule has 0 spiro atoms. The van der Waals surface area contributed by atoms with Crippen LogP contribution in [0.1, 0.15) is 69.9 Å². The van der Waals surface area contributed by atoms with Gasteiger partial charge in [0.05, 0.1) is 0 Å². The minimum atomic E-state index is -0.160. The first-order valence-electron chi connectivity index (χ1n) is 7.39. The molecule has 1 unspecified atom stereocenters. The lowest BCUT2D eigenvalue weighted by molar-refractivity contribution is 0.0232. The van der Waals surface area contributed by atoms with Gasteiger partial charge in [0, 0.05) is 12.2 Å². The Balaban J connectivity index is 2.33. The molecule has 1 aliphatic carbocycles. The molecule has 3 nitrogen and oxygen atoms in total. The number of nitrogens with zero attached hydrogens (tertiary/aromatic N) is 2. The van der Waals surface area contributed by atoms with E-state index in [2.05, 4.69) is 23.8 Å². The highest BCUT2D eigenvalue weighted by molar-refractivity contribution is 6.34. The van der Waals surface area contributed by atoms with Crippen LogP contribution in [-0.2, 0) is 4.74 Å². The molecule has 0 saturated heterocycles. The van der Waals surface area contributed by atoms with Gasteiger partial charge >= 0.3 is 0 Å². The van der Waals surface area contributed by atoms with Crippen LogP contribution in [0.5, 0.6) is 0 Å². The van der Waals surface area contributed by atoms with Crippen molar-refractivity contribution in [2.75, 3.05) is 6.61 Å². The van der Waals surface area contributed by atoms with Gasteiger partial charge in [0.15, 0.2) is 5.82 Å². The normalized spacial score (nSPS) is 17.9. The van der Waals surface area contributed by atoms with Crippen LogP contribution in [0.2, 0.25) is 10.3 Å². The van der Waals surface area contributed by atoms with E-state index >= 15 is 0 Å². The zero-order chi connectivity index (χ0) is 14.7. The minimum absolute atomic E-state index is 0.160. The number of ether oxygens (including phenoxy) is 1. The Kier molecular flexibility index (Phi) is 5.65. The highest BCUT2D eigenvalue weighted by Crippen LogP contribution is 2.40. The molecule has 0 aromatic carbocycles. The number of aromatic nitrogens is 2. The summed E-state index contributed by atoms with van der Waals surface area (Å²) in [6.45, 7) is 6.74. The second-order valence-electron chi connectivity index (χ2n) is 5.68. The van der Waals surface area contributed by atoms with Gasteiger partial charge in [-0.25, -0.2) is 9.97 Å². The third-order valence-corrected chi connectivity index (χ3v) is 4.42. The fraction of sp³-hybridized carbons (Fsp3) is 0.733. The molecule has 1 saturated carbocycles. The maximum atomic E-state index is 6.37. The Morgan fingerprint density at radius 1 is 1.15 bits per heavy atom. The van der Waals surface area contributed by atoms with Gasteiger partial charge in [-0.1, -0.05) is 49.9 Å². The van der Waals surface area contributed by atoms with Crippen LogP contribution >= 0.6 is 23.2 Å². The van der Waals surface area contributed by atoms with Gasteiger partial charge in [-0.3, -0.25) is 0 Å². The van der Waals surface area contributed by atoms with Gasteiger partial charge in [-0.15, -0.1) is 0 Å². The van der Waals surface area contributed by atoms with Gasteiger partial charge < -0.3 is 4.74 Å². The summed E-state index contributed by atoms with van der Waals surface area (Å²) in [5, 5.41) is 0.995. The number of hydrogen-bond acceptors (Lipinski definition) is 3. The molecule has 2 rings (SSSR count). The van der Waals surface area contributed by atoms with E-state index in [-0.39, 0.29) is 12.0 Å². The first-order valence-corrected chi connectivity index (χ1v) is 8.14. The molecule has 1 heterocycles. The lowest BCUT2D eigenvalue weighted by Crippen LogP contribution is -2.16. The molecule has 1 aromatic heterocycles. The first-order chi connectivity index (χ1) is 9.54. The van der Waals surface area contributed by atoms with E-state index in [0.29, 0.717) is 28.7 Å². The number of hydrogen-bond donors (Lipinski definition) is 0. The van der Waals surface area contributed by atoms with E-state index in [1.54, 1.807) is 0 Å². The predicted molar refractivity (Wildman–Crippen MR) is 82.5 cm³/mol. The summed E-state index contributed by atoms with van der Waals surface area (Å²) in [5.41, 5.74) is 0.925. The van der Waals surface area contributed by atoms with Crippen molar-refractivity contribution >= 4 is 23.2 Å². The Labute approximate surface area is 131 Å². The fourth-order valence-electron chi connectivity index (χ4n) is 2.85. The van der Waals surface area contributed by atoms with Crippen molar-refractivity contribution in [2.24, 2.45) is 5.92 Å². The molecule has 1 aliphatic rings. The quantitative estimate of drug-likeness (QED) is 0.702. The third-order valence-electron chi connectivity index (χ3n) is 3.84. The molecule has 112 valence electrons. The van der Waals surface area contributed by atoms with Crippen LogP contribution in [0, 0.1) is 5.92 Å². The highest BCUT2D eigenvalue weighted by Gasteiger charge is 2.27. The smallest absolute Gasteiger partial charge is 0.160 e. The summed E-state index contributed by atoms with van der Waals surface area (Å²) in [6, 6.07) is 0. The summed E-state index contributed by atoms with van der Waals surface area (Å²) < 4.78 is 5.72. The second-order valence-corrected chi connectivity index (χ2v) is 6.39. The lowest BCUT2D eigenvalue weighted by Gasteiger charge is -2.21. The van der Waals surface area contributed by atoms with Crippen LogP contribution in [0.15, 0.2) is 0 Å². The molecule has 1 fully saturated rings. The molecule has 0 bridgehead atoms. The van der Waals surface area contributed by atoms with Gasteiger partial charge in [0.2, 0.25) is 0 Å². The standard InChI is InChI=1S/C15H22Cl2N2O/c1-4-20-12(9(2)3)15-18-13(16)11(14(17)19-15)10-7-5-6-8-10/h9-10,12H,4-8H2,1-3H3. The Morgan fingerprint density at radius 3 is 2.15 bits per heavy atom. The molecule has 20 heavy (non-hydrogen) atoms. The molecule has 0 aliphatic heterocycles. The van der Waals surface area contributed by atoms with Gasteiger partial charge in [-0.05, 0) is 31.6 Å². The molecule has 0 amide bonds.